The molecule has 0 aliphatic heterocycles. The summed E-state index contributed by atoms with van der Waals surface area (Å²) in [7, 11) is 0. The second-order valence-electron chi connectivity index (χ2n) is 2.62. The number of hydrogen-bond donors (Lipinski definition) is 0. The molecule has 13 heavy (non-hydrogen) atoms. The fourth-order valence-electron chi connectivity index (χ4n) is 1.08. The molecule has 0 unspecified atom stereocenters. The third-order valence-corrected chi connectivity index (χ3v) is 2.94. The lowest BCUT2D eigenvalue weighted by Crippen LogP contribution is -1.85. The second kappa shape index (κ2) is 3.98. The molecule has 66 valence electrons. The van der Waals surface area contributed by atoms with E-state index in [4.69, 9.17) is 0 Å². The lowest BCUT2D eigenvalue weighted by atomic mass is 10.2. The Bertz CT molecular complexity index is 386. The first-order valence-electron chi connectivity index (χ1n) is 3.86. The van der Waals surface area contributed by atoms with Gasteiger partial charge in [0.25, 0.3) is 0 Å². The van der Waals surface area contributed by atoms with Crippen LogP contribution in [-0.4, -0.2) is 9.36 Å². The third kappa shape index (κ3) is 2.35. The van der Waals surface area contributed by atoms with Crippen molar-refractivity contribution in [3.8, 4) is 0 Å². The lowest BCUT2D eigenvalue weighted by Gasteiger charge is -1.94. The van der Waals surface area contributed by atoms with Gasteiger partial charge in [-0.1, -0.05) is 30.3 Å². The van der Waals surface area contributed by atoms with Gasteiger partial charge >= 0.3 is 0 Å². The fraction of sp³-hybridized carbons (Fsp3) is 0.111. The molecule has 0 atom stereocenters. The highest BCUT2D eigenvalue weighted by Crippen LogP contribution is 2.13. The maximum atomic E-state index is 4.23. The van der Waals surface area contributed by atoms with Crippen LogP contribution < -0.4 is 0 Å². The summed E-state index contributed by atoms with van der Waals surface area (Å²) in [4.78, 5) is 4.23. The largest absolute Gasteiger partial charge is 0.214 e. The first-order valence-corrected chi connectivity index (χ1v) is 5.43. The van der Waals surface area contributed by atoms with E-state index in [9.17, 15) is 0 Å². The zero-order chi connectivity index (χ0) is 9.10. The summed E-state index contributed by atoms with van der Waals surface area (Å²) in [5.74, 6) is 0. The molecule has 0 N–H and O–H groups in total. The van der Waals surface area contributed by atoms with Crippen LogP contribution in [0.5, 0.6) is 0 Å². The van der Waals surface area contributed by atoms with Gasteiger partial charge in [-0.2, -0.15) is 4.37 Å². The molecule has 2 nitrogen and oxygen atoms in total. The summed E-state index contributed by atoms with van der Waals surface area (Å²) in [5.41, 5.74) is 1.27. The second-order valence-corrected chi connectivity index (χ2v) is 4.17. The van der Waals surface area contributed by atoms with Crippen LogP contribution in [0.4, 0.5) is 0 Å². The highest BCUT2D eigenvalue weighted by molar-refractivity contribution is 9.10. The van der Waals surface area contributed by atoms with Crippen LogP contribution in [0.3, 0.4) is 0 Å². The van der Waals surface area contributed by atoms with Crippen molar-refractivity contribution >= 4 is 27.5 Å². The molecular weight excluding hydrogens is 248 g/mol. The number of benzene rings is 1. The van der Waals surface area contributed by atoms with E-state index in [1.165, 1.54) is 17.1 Å². The van der Waals surface area contributed by atoms with E-state index in [-0.39, 0.29) is 0 Å². The standard InChI is InChI=1S/C9H7BrN2S/c10-9-11-8(13-12-9)6-7-4-2-1-3-5-7/h1-5H,6H2. The zero-order valence-corrected chi connectivity index (χ0v) is 9.18. The van der Waals surface area contributed by atoms with Crippen LogP contribution in [0.1, 0.15) is 10.6 Å². The fourth-order valence-corrected chi connectivity index (χ4v) is 2.20. The SMILES string of the molecule is Brc1nsc(Cc2ccccc2)n1. The molecule has 0 aliphatic carbocycles. The Hall–Kier alpha value is -0.740. The Balaban J connectivity index is 2.15. The summed E-state index contributed by atoms with van der Waals surface area (Å²) < 4.78 is 4.74. The van der Waals surface area contributed by atoms with Crippen molar-refractivity contribution in [1.82, 2.24) is 9.36 Å². The monoisotopic (exact) mass is 254 g/mol. The van der Waals surface area contributed by atoms with Crippen LogP contribution >= 0.6 is 27.5 Å². The third-order valence-electron chi connectivity index (χ3n) is 1.64. The molecule has 1 aromatic heterocycles. The van der Waals surface area contributed by atoms with Crippen molar-refractivity contribution < 1.29 is 0 Å². The molecule has 0 spiro atoms. The van der Waals surface area contributed by atoms with Crippen LogP contribution in [0.25, 0.3) is 0 Å². The molecule has 4 heteroatoms. The van der Waals surface area contributed by atoms with Crippen molar-refractivity contribution in [2.75, 3.05) is 0 Å². The van der Waals surface area contributed by atoms with Crippen molar-refractivity contribution in [2.45, 2.75) is 6.42 Å². The van der Waals surface area contributed by atoms with Crippen molar-refractivity contribution in [2.24, 2.45) is 0 Å². The van der Waals surface area contributed by atoms with Crippen molar-refractivity contribution in [3.05, 3.63) is 45.6 Å². The van der Waals surface area contributed by atoms with E-state index in [0.29, 0.717) is 4.73 Å². The minimum atomic E-state index is 0.684. The number of halogens is 1. The summed E-state index contributed by atoms with van der Waals surface area (Å²) in [6, 6.07) is 10.3. The molecule has 0 amide bonds. The van der Waals surface area contributed by atoms with Crippen LogP contribution in [0.2, 0.25) is 0 Å². The molecule has 0 saturated heterocycles. The Kier molecular flexibility index (Phi) is 2.71. The van der Waals surface area contributed by atoms with Gasteiger partial charge in [-0.3, -0.25) is 0 Å². The minimum Gasteiger partial charge on any atom is -0.214 e. The average molecular weight is 255 g/mol. The molecule has 0 bridgehead atoms. The van der Waals surface area contributed by atoms with Gasteiger partial charge in [-0.15, -0.1) is 0 Å². The van der Waals surface area contributed by atoms with Crippen molar-refractivity contribution in [1.29, 1.82) is 0 Å². The summed E-state index contributed by atoms with van der Waals surface area (Å²) in [6.45, 7) is 0. The van der Waals surface area contributed by atoms with E-state index in [0.717, 1.165) is 11.4 Å². The zero-order valence-electron chi connectivity index (χ0n) is 6.77. The number of aromatic nitrogens is 2. The molecule has 1 heterocycles. The molecule has 0 fully saturated rings. The highest BCUT2D eigenvalue weighted by Gasteiger charge is 2.01. The molecule has 0 saturated carbocycles. The quantitative estimate of drug-likeness (QED) is 0.824. The van der Waals surface area contributed by atoms with E-state index >= 15 is 0 Å². The maximum Gasteiger partial charge on any atom is 0.209 e. The van der Waals surface area contributed by atoms with E-state index < -0.39 is 0 Å². The predicted molar refractivity (Wildman–Crippen MR) is 56.9 cm³/mol. The Labute approximate surface area is 88.9 Å². The summed E-state index contributed by atoms with van der Waals surface area (Å²) >= 11 is 4.67. The smallest absolute Gasteiger partial charge is 0.209 e. The summed E-state index contributed by atoms with van der Waals surface area (Å²) in [6.07, 6.45) is 0.865. The minimum absolute atomic E-state index is 0.684. The molecule has 0 radical (unpaired) electrons. The first kappa shape index (κ1) is 8.84. The Morgan fingerprint density at radius 1 is 1.23 bits per heavy atom. The van der Waals surface area contributed by atoms with Gasteiger partial charge in [0.15, 0.2) is 0 Å². The Morgan fingerprint density at radius 2 is 2.00 bits per heavy atom. The van der Waals surface area contributed by atoms with Crippen LogP contribution in [0, 0.1) is 0 Å². The topological polar surface area (TPSA) is 25.8 Å². The molecule has 2 rings (SSSR count). The van der Waals surface area contributed by atoms with E-state index in [1.807, 2.05) is 18.2 Å². The molecule has 1 aromatic carbocycles. The molecule has 0 aliphatic rings. The molecule has 2 aromatic rings. The lowest BCUT2D eigenvalue weighted by molar-refractivity contribution is 1.11. The number of hydrogen-bond acceptors (Lipinski definition) is 3. The molecular formula is C9H7BrN2S. The van der Waals surface area contributed by atoms with Gasteiger partial charge < -0.3 is 0 Å². The van der Waals surface area contributed by atoms with Crippen LogP contribution in [0.15, 0.2) is 35.1 Å². The maximum absolute atomic E-state index is 4.23. The van der Waals surface area contributed by atoms with E-state index in [1.54, 1.807) is 0 Å². The van der Waals surface area contributed by atoms with Gasteiger partial charge in [0, 0.05) is 6.42 Å². The van der Waals surface area contributed by atoms with Crippen LogP contribution in [-0.2, 0) is 6.42 Å². The first-order chi connectivity index (χ1) is 6.34. The number of rotatable bonds is 2. The summed E-state index contributed by atoms with van der Waals surface area (Å²) in [5, 5.41) is 1.04. The highest BCUT2D eigenvalue weighted by atomic mass is 79.9. The van der Waals surface area contributed by atoms with Gasteiger partial charge in [0.05, 0.1) is 0 Å². The normalized spacial score (nSPS) is 10.2. The average Bonchev–Trinajstić information content (AvgIpc) is 2.53. The Morgan fingerprint density at radius 3 is 2.62 bits per heavy atom. The van der Waals surface area contributed by atoms with Gasteiger partial charge in [-0.25, -0.2) is 4.98 Å². The van der Waals surface area contributed by atoms with Gasteiger partial charge in [-0.05, 0) is 33.0 Å². The van der Waals surface area contributed by atoms with Gasteiger partial charge in [0.2, 0.25) is 4.73 Å². The number of nitrogens with zero attached hydrogens (tertiary/aromatic N) is 2. The van der Waals surface area contributed by atoms with Gasteiger partial charge in [0.1, 0.15) is 5.01 Å². The van der Waals surface area contributed by atoms with Crippen molar-refractivity contribution in [3.63, 3.8) is 0 Å². The predicted octanol–water partition coefficient (Wildman–Crippen LogP) is 2.89. The van der Waals surface area contributed by atoms with E-state index in [2.05, 4.69) is 37.4 Å².